The normalized spacial score (nSPS) is 28.2. The number of hydrogen-bond acceptors (Lipinski definition) is 3. The SMILES string of the molecule is CCOC(=O)C(=CCCc1ccc(O)c(C23CC4CC(CC(C4)C2)C3)c1)c1cccc(Br)c1. The van der Waals surface area contributed by atoms with Crippen LogP contribution >= 0.6 is 15.9 Å². The highest BCUT2D eigenvalue weighted by atomic mass is 79.9. The van der Waals surface area contributed by atoms with E-state index in [1.165, 1.54) is 49.7 Å². The van der Waals surface area contributed by atoms with Gasteiger partial charge in [-0.05, 0) is 111 Å². The highest BCUT2D eigenvalue weighted by molar-refractivity contribution is 9.10. The summed E-state index contributed by atoms with van der Waals surface area (Å²) in [6.45, 7) is 2.19. The van der Waals surface area contributed by atoms with E-state index in [-0.39, 0.29) is 11.4 Å². The second-order valence-corrected chi connectivity index (χ2v) is 11.4. The molecule has 0 atom stereocenters. The minimum Gasteiger partial charge on any atom is -0.508 e. The molecule has 0 radical (unpaired) electrons. The number of carbonyl (C=O) groups excluding carboxylic acids is 1. The molecule has 0 aromatic heterocycles. The molecule has 2 aromatic carbocycles. The lowest BCUT2D eigenvalue weighted by Gasteiger charge is -2.57. The first-order valence-electron chi connectivity index (χ1n) is 12.4. The minimum absolute atomic E-state index is 0.178. The minimum atomic E-state index is -0.282. The van der Waals surface area contributed by atoms with E-state index < -0.39 is 0 Å². The van der Waals surface area contributed by atoms with Gasteiger partial charge in [0.25, 0.3) is 0 Å². The second-order valence-electron chi connectivity index (χ2n) is 10.4. The van der Waals surface area contributed by atoms with Crippen molar-refractivity contribution in [3.05, 3.63) is 69.7 Å². The Morgan fingerprint density at radius 2 is 1.79 bits per heavy atom. The number of aromatic hydroxyl groups is 1. The van der Waals surface area contributed by atoms with Crippen molar-refractivity contribution in [3.8, 4) is 5.75 Å². The number of aryl methyl sites for hydroxylation is 1. The van der Waals surface area contributed by atoms with Gasteiger partial charge in [-0.2, -0.15) is 0 Å². The number of esters is 1. The zero-order chi connectivity index (χ0) is 23.0. The first kappa shape index (κ1) is 22.7. The van der Waals surface area contributed by atoms with Crippen LogP contribution in [0.15, 0.2) is 53.0 Å². The summed E-state index contributed by atoms with van der Waals surface area (Å²) in [5.41, 5.74) is 4.06. The monoisotopic (exact) mass is 508 g/mol. The molecule has 4 heteroatoms. The fourth-order valence-corrected chi connectivity index (χ4v) is 7.57. The standard InChI is InChI=1S/C29H33BrO3/c1-2-33-28(32)25(23-6-4-7-24(30)15-23)8-3-5-19-9-10-27(31)26(14-19)29-16-20-11-21(17-29)13-22(12-20)18-29/h4,6-10,14-15,20-22,31H,2-3,5,11-13,16-18H2,1H3. The molecule has 0 unspecified atom stereocenters. The van der Waals surface area contributed by atoms with Crippen molar-refractivity contribution >= 4 is 27.5 Å². The number of carbonyl (C=O) groups is 1. The van der Waals surface area contributed by atoms with Gasteiger partial charge in [0.15, 0.2) is 0 Å². The van der Waals surface area contributed by atoms with Gasteiger partial charge in [-0.1, -0.05) is 46.3 Å². The van der Waals surface area contributed by atoms with Crippen molar-refractivity contribution in [1.29, 1.82) is 0 Å². The first-order valence-corrected chi connectivity index (χ1v) is 13.2. The van der Waals surface area contributed by atoms with E-state index in [1.807, 2.05) is 49.4 Å². The van der Waals surface area contributed by atoms with Gasteiger partial charge in [0.05, 0.1) is 12.2 Å². The van der Waals surface area contributed by atoms with E-state index in [9.17, 15) is 9.90 Å². The molecule has 6 rings (SSSR count). The maximum absolute atomic E-state index is 12.6. The molecule has 0 heterocycles. The van der Waals surface area contributed by atoms with Gasteiger partial charge in [0, 0.05) is 10.0 Å². The summed E-state index contributed by atoms with van der Waals surface area (Å²) in [5, 5.41) is 10.8. The molecule has 0 saturated heterocycles. The highest BCUT2D eigenvalue weighted by Crippen LogP contribution is 2.61. The number of phenolic OH excluding ortho intramolecular Hbond substituents is 1. The van der Waals surface area contributed by atoms with Gasteiger partial charge in [-0.3, -0.25) is 0 Å². The van der Waals surface area contributed by atoms with Crippen LogP contribution in [-0.2, 0) is 21.4 Å². The summed E-state index contributed by atoms with van der Waals surface area (Å²) >= 11 is 3.50. The number of hydrogen-bond donors (Lipinski definition) is 1. The average Bonchev–Trinajstić information content (AvgIpc) is 2.77. The predicted octanol–water partition coefficient (Wildman–Crippen LogP) is 7.20. The maximum atomic E-state index is 12.6. The lowest BCUT2D eigenvalue weighted by molar-refractivity contribution is -0.136. The van der Waals surface area contributed by atoms with Gasteiger partial charge in [-0.15, -0.1) is 0 Å². The highest BCUT2D eigenvalue weighted by Gasteiger charge is 2.52. The van der Waals surface area contributed by atoms with E-state index in [1.54, 1.807) is 0 Å². The van der Waals surface area contributed by atoms with Crippen LogP contribution in [0, 0.1) is 17.8 Å². The largest absolute Gasteiger partial charge is 0.508 e. The van der Waals surface area contributed by atoms with Crippen molar-refractivity contribution in [2.45, 2.75) is 63.7 Å². The molecule has 4 bridgehead atoms. The first-order chi connectivity index (χ1) is 16.0. The fourth-order valence-electron chi connectivity index (χ4n) is 7.17. The van der Waals surface area contributed by atoms with E-state index in [0.29, 0.717) is 17.9 Å². The van der Waals surface area contributed by atoms with E-state index in [4.69, 9.17) is 4.74 Å². The number of phenols is 1. The van der Waals surface area contributed by atoms with Crippen molar-refractivity contribution in [2.75, 3.05) is 6.61 Å². The zero-order valence-electron chi connectivity index (χ0n) is 19.4. The lowest BCUT2D eigenvalue weighted by atomic mass is 9.48. The Morgan fingerprint density at radius 1 is 1.09 bits per heavy atom. The van der Waals surface area contributed by atoms with Gasteiger partial charge in [-0.25, -0.2) is 4.79 Å². The van der Waals surface area contributed by atoms with Gasteiger partial charge in [0.1, 0.15) is 5.75 Å². The zero-order valence-corrected chi connectivity index (χ0v) is 20.9. The van der Waals surface area contributed by atoms with Gasteiger partial charge >= 0.3 is 5.97 Å². The van der Waals surface area contributed by atoms with Gasteiger partial charge < -0.3 is 9.84 Å². The molecule has 0 spiro atoms. The molecular formula is C29H33BrO3. The Hall–Kier alpha value is -2.07. The summed E-state index contributed by atoms with van der Waals surface area (Å²) in [5.74, 6) is 2.73. The van der Waals surface area contributed by atoms with Gasteiger partial charge in [0.2, 0.25) is 0 Å². The summed E-state index contributed by atoms with van der Waals surface area (Å²) < 4.78 is 6.26. The molecular weight excluding hydrogens is 476 g/mol. The summed E-state index contributed by atoms with van der Waals surface area (Å²) in [4.78, 5) is 12.6. The number of allylic oxidation sites excluding steroid dienone is 1. The Morgan fingerprint density at radius 3 is 2.42 bits per heavy atom. The summed E-state index contributed by atoms with van der Waals surface area (Å²) in [7, 11) is 0. The molecule has 33 heavy (non-hydrogen) atoms. The molecule has 174 valence electrons. The molecule has 2 aromatic rings. The number of ether oxygens (including phenoxy) is 1. The molecule has 1 N–H and O–H groups in total. The average molecular weight is 509 g/mol. The third kappa shape index (κ3) is 4.64. The molecule has 4 aliphatic rings. The van der Waals surface area contributed by atoms with Crippen LogP contribution in [-0.4, -0.2) is 17.7 Å². The third-order valence-corrected chi connectivity index (χ3v) is 8.58. The van der Waals surface area contributed by atoms with E-state index >= 15 is 0 Å². The van der Waals surface area contributed by atoms with E-state index in [2.05, 4.69) is 22.0 Å². The topological polar surface area (TPSA) is 46.5 Å². The van der Waals surface area contributed by atoms with Crippen LogP contribution in [0.5, 0.6) is 5.75 Å². The van der Waals surface area contributed by atoms with Crippen LogP contribution < -0.4 is 0 Å². The summed E-state index contributed by atoms with van der Waals surface area (Å²) in [6.07, 6.45) is 11.5. The Labute approximate surface area is 205 Å². The maximum Gasteiger partial charge on any atom is 0.338 e. The van der Waals surface area contributed by atoms with Crippen molar-refractivity contribution in [1.82, 2.24) is 0 Å². The number of benzene rings is 2. The Balaban J connectivity index is 1.36. The Bertz CT molecular complexity index is 1040. The van der Waals surface area contributed by atoms with E-state index in [0.717, 1.165) is 40.6 Å². The predicted molar refractivity (Wildman–Crippen MR) is 135 cm³/mol. The van der Waals surface area contributed by atoms with Crippen LogP contribution in [0.4, 0.5) is 0 Å². The van der Waals surface area contributed by atoms with Crippen LogP contribution in [0.2, 0.25) is 0 Å². The Kier molecular flexibility index (Phi) is 6.39. The van der Waals surface area contributed by atoms with Crippen molar-refractivity contribution in [2.24, 2.45) is 17.8 Å². The quantitative estimate of drug-likeness (QED) is 0.317. The van der Waals surface area contributed by atoms with Crippen LogP contribution in [0.1, 0.15) is 68.6 Å². The number of halogens is 1. The molecule has 4 saturated carbocycles. The van der Waals surface area contributed by atoms with Crippen LogP contribution in [0.3, 0.4) is 0 Å². The van der Waals surface area contributed by atoms with Crippen molar-refractivity contribution in [3.63, 3.8) is 0 Å². The van der Waals surface area contributed by atoms with Crippen LogP contribution in [0.25, 0.3) is 5.57 Å². The smallest absolute Gasteiger partial charge is 0.338 e. The number of rotatable bonds is 7. The lowest BCUT2D eigenvalue weighted by Crippen LogP contribution is -2.48. The molecule has 4 aliphatic carbocycles. The summed E-state index contributed by atoms with van der Waals surface area (Å²) in [6, 6.07) is 14.0. The molecule has 4 fully saturated rings. The molecule has 0 aliphatic heterocycles. The molecule has 0 amide bonds. The third-order valence-electron chi connectivity index (χ3n) is 8.08. The fraction of sp³-hybridized carbons (Fsp3) is 0.483. The van der Waals surface area contributed by atoms with Crippen molar-refractivity contribution < 1.29 is 14.6 Å². The second kappa shape index (κ2) is 9.29. The molecule has 3 nitrogen and oxygen atoms in total.